The van der Waals surface area contributed by atoms with Crippen LogP contribution in [0.5, 0.6) is 23.0 Å². The van der Waals surface area contributed by atoms with E-state index in [0.717, 1.165) is 36.1 Å². The van der Waals surface area contributed by atoms with E-state index in [4.69, 9.17) is 18.9 Å². The molecule has 0 saturated carbocycles. The predicted octanol–water partition coefficient (Wildman–Crippen LogP) is 1.36. The molecular formula is C17H18NO4+. The van der Waals surface area contributed by atoms with Gasteiger partial charge in [-0.15, -0.1) is 0 Å². The lowest BCUT2D eigenvalue weighted by atomic mass is 10.1. The lowest BCUT2D eigenvalue weighted by molar-refractivity contribution is -0.945. The molecule has 0 aromatic heterocycles. The number of rotatable bonds is 3. The second kappa shape index (κ2) is 5.42. The number of benzene rings is 2. The highest BCUT2D eigenvalue weighted by Crippen LogP contribution is 2.38. The van der Waals surface area contributed by atoms with Gasteiger partial charge in [0, 0.05) is 11.6 Å². The van der Waals surface area contributed by atoms with Gasteiger partial charge in [0.15, 0.2) is 11.5 Å². The van der Waals surface area contributed by atoms with Crippen molar-refractivity contribution in [3.63, 3.8) is 0 Å². The Kier molecular flexibility index (Phi) is 3.27. The first kappa shape index (κ1) is 13.3. The van der Waals surface area contributed by atoms with Gasteiger partial charge in [0.05, 0.1) is 12.7 Å². The van der Waals surface area contributed by atoms with Crippen LogP contribution in [0.15, 0.2) is 36.4 Å². The normalized spacial score (nSPS) is 18.5. The van der Waals surface area contributed by atoms with E-state index in [0.29, 0.717) is 13.5 Å². The van der Waals surface area contributed by atoms with Crippen LogP contribution in [0.4, 0.5) is 0 Å². The average Bonchev–Trinajstić information content (AvgIpc) is 3.00. The molecule has 0 saturated heterocycles. The Labute approximate surface area is 129 Å². The molecule has 0 bridgehead atoms. The molecule has 4 rings (SSSR count). The lowest BCUT2D eigenvalue weighted by Gasteiger charge is -2.26. The van der Waals surface area contributed by atoms with E-state index in [-0.39, 0.29) is 0 Å². The Morgan fingerprint density at radius 3 is 2.55 bits per heavy atom. The smallest absolute Gasteiger partial charge is 0.231 e. The number of hydrogen-bond acceptors (Lipinski definition) is 4. The van der Waals surface area contributed by atoms with Crippen molar-refractivity contribution in [2.75, 3.05) is 20.6 Å². The van der Waals surface area contributed by atoms with Crippen molar-refractivity contribution in [2.24, 2.45) is 0 Å². The first-order valence-electron chi connectivity index (χ1n) is 7.33. The van der Waals surface area contributed by atoms with Crippen LogP contribution in [0, 0.1) is 0 Å². The summed E-state index contributed by atoms with van der Waals surface area (Å²) in [4.78, 5) is 1.36. The second-order valence-corrected chi connectivity index (χ2v) is 5.55. The summed E-state index contributed by atoms with van der Waals surface area (Å²) in [7, 11) is 1.68. The highest BCUT2D eigenvalue weighted by molar-refractivity contribution is 5.51. The SMILES string of the molecule is COc1ccc(C[NH+]2COc3cc4c(cc3C2)OCO4)cc1. The summed E-state index contributed by atoms with van der Waals surface area (Å²) in [6.07, 6.45) is 0. The summed E-state index contributed by atoms with van der Waals surface area (Å²) < 4.78 is 21.9. The van der Waals surface area contributed by atoms with Gasteiger partial charge in [-0.1, -0.05) is 0 Å². The Bertz CT molecular complexity index is 684. The van der Waals surface area contributed by atoms with Crippen LogP contribution < -0.4 is 23.8 Å². The molecule has 5 nitrogen and oxygen atoms in total. The van der Waals surface area contributed by atoms with E-state index in [1.807, 2.05) is 24.3 Å². The van der Waals surface area contributed by atoms with Crippen molar-refractivity contribution in [1.82, 2.24) is 0 Å². The van der Waals surface area contributed by atoms with Crippen molar-refractivity contribution in [3.05, 3.63) is 47.5 Å². The third kappa shape index (κ3) is 2.44. The molecule has 0 spiro atoms. The molecule has 1 N–H and O–H groups in total. The average molecular weight is 300 g/mol. The highest BCUT2D eigenvalue weighted by Gasteiger charge is 2.25. The molecule has 2 aliphatic rings. The van der Waals surface area contributed by atoms with Gasteiger partial charge in [-0.05, 0) is 30.3 Å². The monoisotopic (exact) mass is 300 g/mol. The maximum absolute atomic E-state index is 5.88. The summed E-state index contributed by atoms with van der Waals surface area (Å²) in [5.74, 6) is 3.37. The van der Waals surface area contributed by atoms with Crippen molar-refractivity contribution < 1.29 is 23.8 Å². The minimum atomic E-state index is 0.292. The van der Waals surface area contributed by atoms with Gasteiger partial charge in [-0.2, -0.15) is 0 Å². The Balaban J connectivity index is 1.49. The fraction of sp³-hybridized carbons (Fsp3) is 0.294. The fourth-order valence-electron chi connectivity index (χ4n) is 2.88. The summed E-state index contributed by atoms with van der Waals surface area (Å²) in [6.45, 7) is 2.77. The molecule has 1 atom stereocenters. The van der Waals surface area contributed by atoms with E-state index in [1.165, 1.54) is 16.0 Å². The van der Waals surface area contributed by atoms with Gasteiger partial charge in [0.25, 0.3) is 0 Å². The molecule has 2 aromatic rings. The summed E-state index contributed by atoms with van der Waals surface area (Å²) in [5, 5.41) is 0. The molecule has 114 valence electrons. The number of quaternary nitrogens is 1. The van der Waals surface area contributed by atoms with Gasteiger partial charge in [0.1, 0.15) is 24.6 Å². The van der Waals surface area contributed by atoms with Crippen LogP contribution in [0.2, 0.25) is 0 Å². The Morgan fingerprint density at radius 2 is 1.77 bits per heavy atom. The van der Waals surface area contributed by atoms with Gasteiger partial charge in [-0.3, -0.25) is 4.90 Å². The third-order valence-corrected chi connectivity index (χ3v) is 4.04. The van der Waals surface area contributed by atoms with E-state index >= 15 is 0 Å². The van der Waals surface area contributed by atoms with Crippen molar-refractivity contribution in [3.8, 4) is 23.0 Å². The molecule has 0 aliphatic carbocycles. The van der Waals surface area contributed by atoms with Crippen LogP contribution in [-0.2, 0) is 13.1 Å². The molecule has 2 aromatic carbocycles. The molecule has 0 fully saturated rings. The lowest BCUT2D eigenvalue weighted by Crippen LogP contribution is -3.10. The summed E-state index contributed by atoms with van der Waals surface area (Å²) in [5.41, 5.74) is 2.43. The van der Waals surface area contributed by atoms with Crippen molar-refractivity contribution in [2.45, 2.75) is 13.1 Å². The standard InChI is InChI=1S/C17H17NO4/c1-19-14-4-2-12(3-5-14)8-18-9-13-6-16-17(22-11-21-16)7-15(13)20-10-18/h2-7H,8-11H2,1H3/p+1. The number of ether oxygens (including phenoxy) is 4. The van der Waals surface area contributed by atoms with Crippen molar-refractivity contribution in [1.29, 1.82) is 0 Å². The van der Waals surface area contributed by atoms with Crippen LogP contribution in [0.25, 0.3) is 0 Å². The maximum atomic E-state index is 5.88. The molecular weight excluding hydrogens is 282 g/mol. The Morgan fingerprint density at radius 1 is 1.00 bits per heavy atom. The second-order valence-electron chi connectivity index (χ2n) is 5.55. The molecule has 1 unspecified atom stereocenters. The number of methoxy groups -OCH3 is 1. The van der Waals surface area contributed by atoms with E-state index < -0.39 is 0 Å². The van der Waals surface area contributed by atoms with Gasteiger partial charge >= 0.3 is 0 Å². The zero-order valence-electron chi connectivity index (χ0n) is 12.4. The maximum Gasteiger partial charge on any atom is 0.231 e. The number of fused-ring (bicyclic) bond motifs is 2. The van der Waals surface area contributed by atoms with Crippen LogP contribution in [0.3, 0.4) is 0 Å². The zero-order valence-corrected chi connectivity index (χ0v) is 12.4. The van der Waals surface area contributed by atoms with Crippen LogP contribution >= 0.6 is 0 Å². The minimum Gasteiger partial charge on any atom is -0.497 e. The van der Waals surface area contributed by atoms with Gasteiger partial charge in [0.2, 0.25) is 13.5 Å². The molecule has 0 radical (unpaired) electrons. The third-order valence-electron chi connectivity index (χ3n) is 4.04. The van der Waals surface area contributed by atoms with E-state index in [1.54, 1.807) is 7.11 Å². The summed E-state index contributed by atoms with van der Waals surface area (Å²) in [6, 6.07) is 12.1. The highest BCUT2D eigenvalue weighted by atomic mass is 16.7. The predicted molar refractivity (Wildman–Crippen MR) is 79.4 cm³/mol. The van der Waals surface area contributed by atoms with Crippen molar-refractivity contribution >= 4 is 0 Å². The molecule has 2 heterocycles. The summed E-state index contributed by atoms with van der Waals surface area (Å²) >= 11 is 0. The first-order valence-corrected chi connectivity index (χ1v) is 7.33. The molecule has 0 amide bonds. The topological polar surface area (TPSA) is 41.4 Å². The largest absolute Gasteiger partial charge is 0.497 e. The van der Waals surface area contributed by atoms with E-state index in [2.05, 4.69) is 12.1 Å². The molecule has 2 aliphatic heterocycles. The van der Waals surface area contributed by atoms with Gasteiger partial charge in [-0.25, -0.2) is 0 Å². The van der Waals surface area contributed by atoms with Gasteiger partial charge < -0.3 is 18.9 Å². The van der Waals surface area contributed by atoms with Crippen LogP contribution in [0.1, 0.15) is 11.1 Å². The molecule has 22 heavy (non-hydrogen) atoms. The minimum absolute atomic E-state index is 0.292. The fourth-order valence-corrected chi connectivity index (χ4v) is 2.88. The number of hydrogen-bond donors (Lipinski definition) is 1. The zero-order chi connectivity index (χ0) is 14.9. The number of nitrogens with one attached hydrogen (secondary N) is 1. The van der Waals surface area contributed by atoms with E-state index in [9.17, 15) is 0 Å². The quantitative estimate of drug-likeness (QED) is 0.929. The van der Waals surface area contributed by atoms with Crippen LogP contribution in [-0.4, -0.2) is 20.6 Å². The molecule has 5 heteroatoms. The first-order chi connectivity index (χ1) is 10.8. The Hall–Kier alpha value is -2.40.